The number of thiol groups is 1. The van der Waals surface area contributed by atoms with E-state index in [4.69, 9.17) is 5.11 Å². The van der Waals surface area contributed by atoms with Gasteiger partial charge in [0, 0.05) is 9.60 Å². The van der Waals surface area contributed by atoms with Crippen molar-refractivity contribution >= 4 is 34.1 Å². The summed E-state index contributed by atoms with van der Waals surface area (Å²) in [6.45, 7) is 2.25. The highest BCUT2D eigenvalue weighted by Crippen LogP contribution is 2.32. The van der Waals surface area contributed by atoms with Crippen LogP contribution in [0.4, 0.5) is 0 Å². The zero-order chi connectivity index (χ0) is 10.1. The predicted octanol–water partition coefficient (Wildman–Crippen LogP) is 3.24. The van der Waals surface area contributed by atoms with Crippen LogP contribution in [0.3, 0.4) is 0 Å². The third-order valence-corrected chi connectivity index (χ3v) is 3.95. The number of fused-ring (bicyclic) bond motifs is 1. The van der Waals surface area contributed by atoms with Crippen molar-refractivity contribution in [1.82, 2.24) is 0 Å². The first-order valence-corrected chi connectivity index (χ1v) is 5.92. The monoisotopic (exact) mass is 224 g/mol. The van der Waals surface area contributed by atoms with Crippen molar-refractivity contribution in [3.05, 3.63) is 28.6 Å². The first kappa shape index (κ1) is 10.0. The highest BCUT2D eigenvalue weighted by atomic mass is 32.1. The van der Waals surface area contributed by atoms with Gasteiger partial charge in [0.1, 0.15) is 0 Å². The summed E-state index contributed by atoms with van der Waals surface area (Å²) >= 11 is 6.13. The maximum Gasteiger partial charge on any atom is 0.0696 e. The second-order valence-electron chi connectivity index (χ2n) is 3.21. The molecule has 0 fully saturated rings. The van der Waals surface area contributed by atoms with Crippen LogP contribution in [-0.4, -0.2) is 5.11 Å². The van der Waals surface area contributed by atoms with E-state index in [0.29, 0.717) is 0 Å². The molecule has 0 bridgehead atoms. The van der Waals surface area contributed by atoms with Gasteiger partial charge >= 0.3 is 0 Å². The van der Waals surface area contributed by atoms with Crippen molar-refractivity contribution in [2.24, 2.45) is 0 Å². The Bertz CT molecular complexity index is 460. The Balaban J connectivity index is 2.76. The number of thiophene rings is 1. The highest BCUT2D eigenvalue weighted by Gasteiger charge is 2.08. The summed E-state index contributed by atoms with van der Waals surface area (Å²) in [5, 5.41) is 12.3. The largest absolute Gasteiger partial charge is 0.392 e. The molecule has 1 nitrogen and oxygen atoms in total. The predicted molar refractivity (Wildman–Crippen MR) is 64.4 cm³/mol. The maximum atomic E-state index is 9.14. The molecule has 1 heterocycles. The minimum Gasteiger partial charge on any atom is -0.392 e. The van der Waals surface area contributed by atoms with Gasteiger partial charge in [-0.25, -0.2) is 0 Å². The van der Waals surface area contributed by atoms with Gasteiger partial charge in [-0.3, -0.25) is 0 Å². The molecule has 74 valence electrons. The molecule has 0 unspecified atom stereocenters. The molecule has 0 saturated heterocycles. The molecule has 14 heavy (non-hydrogen) atoms. The molecular formula is C11H12OS2. The van der Waals surface area contributed by atoms with Crippen LogP contribution in [0.5, 0.6) is 0 Å². The molecule has 0 saturated carbocycles. The van der Waals surface area contributed by atoms with Crippen LogP contribution < -0.4 is 0 Å². The molecule has 0 radical (unpaired) electrons. The lowest BCUT2D eigenvalue weighted by Gasteiger charge is -2.03. The van der Waals surface area contributed by atoms with Crippen LogP contribution in [0.25, 0.3) is 10.1 Å². The van der Waals surface area contributed by atoms with Crippen LogP contribution in [0, 0.1) is 0 Å². The lowest BCUT2D eigenvalue weighted by molar-refractivity contribution is 0.284. The normalized spacial score (nSPS) is 11.1. The number of aryl methyl sites for hydroxylation is 1. The van der Waals surface area contributed by atoms with Gasteiger partial charge in [0.25, 0.3) is 0 Å². The first-order valence-electron chi connectivity index (χ1n) is 4.59. The Morgan fingerprint density at radius 2 is 2.21 bits per heavy atom. The topological polar surface area (TPSA) is 20.2 Å². The molecule has 1 aromatic heterocycles. The quantitative estimate of drug-likeness (QED) is 0.750. The van der Waals surface area contributed by atoms with E-state index in [9.17, 15) is 0 Å². The SMILES string of the molecule is CCc1c(S)ccc2c(CO)csc12. The molecule has 3 heteroatoms. The van der Waals surface area contributed by atoms with E-state index in [0.717, 1.165) is 16.9 Å². The van der Waals surface area contributed by atoms with Gasteiger partial charge in [-0.2, -0.15) is 0 Å². The standard InChI is InChI=1S/C11H12OS2/c1-2-8-10(13)4-3-9-7(5-12)6-14-11(8)9/h3-4,6,12-13H,2,5H2,1H3. The van der Waals surface area contributed by atoms with Crippen molar-refractivity contribution in [2.75, 3.05) is 0 Å². The van der Waals surface area contributed by atoms with Crippen molar-refractivity contribution in [3.63, 3.8) is 0 Å². The second kappa shape index (κ2) is 3.93. The lowest BCUT2D eigenvalue weighted by Crippen LogP contribution is -1.85. The second-order valence-corrected chi connectivity index (χ2v) is 4.57. The van der Waals surface area contributed by atoms with Gasteiger partial charge in [0.05, 0.1) is 6.61 Å². The molecule has 0 aliphatic heterocycles. The third kappa shape index (κ3) is 1.45. The zero-order valence-corrected chi connectivity index (χ0v) is 9.66. The molecule has 0 aliphatic rings. The van der Waals surface area contributed by atoms with Crippen LogP contribution >= 0.6 is 24.0 Å². The minimum absolute atomic E-state index is 0.120. The molecule has 1 N–H and O–H groups in total. The van der Waals surface area contributed by atoms with Crippen molar-refractivity contribution < 1.29 is 5.11 Å². The zero-order valence-electron chi connectivity index (χ0n) is 7.95. The molecule has 2 aromatic rings. The van der Waals surface area contributed by atoms with Crippen LogP contribution in [-0.2, 0) is 13.0 Å². The molecule has 2 rings (SSSR count). The summed E-state index contributed by atoms with van der Waals surface area (Å²) < 4.78 is 1.27. The van der Waals surface area contributed by atoms with Gasteiger partial charge in [-0.05, 0) is 34.4 Å². The number of hydrogen-bond donors (Lipinski definition) is 2. The third-order valence-electron chi connectivity index (χ3n) is 2.42. The molecule has 0 spiro atoms. The Labute approximate surface area is 92.8 Å². The van der Waals surface area contributed by atoms with E-state index in [1.807, 2.05) is 17.5 Å². The summed E-state index contributed by atoms with van der Waals surface area (Å²) in [4.78, 5) is 1.05. The average molecular weight is 224 g/mol. The molecular weight excluding hydrogens is 212 g/mol. The first-order chi connectivity index (χ1) is 6.77. The Morgan fingerprint density at radius 3 is 2.86 bits per heavy atom. The van der Waals surface area contributed by atoms with Crippen molar-refractivity contribution in [3.8, 4) is 0 Å². The lowest BCUT2D eigenvalue weighted by atomic mass is 10.1. The van der Waals surface area contributed by atoms with Gasteiger partial charge in [0.2, 0.25) is 0 Å². The van der Waals surface area contributed by atoms with Crippen LogP contribution in [0.15, 0.2) is 22.4 Å². The highest BCUT2D eigenvalue weighted by molar-refractivity contribution is 7.80. The van der Waals surface area contributed by atoms with Crippen molar-refractivity contribution in [2.45, 2.75) is 24.8 Å². The summed E-state index contributed by atoms with van der Waals surface area (Å²) in [5.41, 5.74) is 2.31. The van der Waals surface area contributed by atoms with E-state index in [2.05, 4.69) is 19.6 Å². The van der Waals surface area contributed by atoms with E-state index in [1.54, 1.807) is 11.3 Å². The molecule has 0 aliphatic carbocycles. The van der Waals surface area contributed by atoms with Gasteiger partial charge in [-0.1, -0.05) is 13.0 Å². The molecule has 0 atom stereocenters. The fourth-order valence-corrected chi connectivity index (χ4v) is 3.27. The summed E-state index contributed by atoms with van der Waals surface area (Å²) in [6.07, 6.45) is 0.988. The summed E-state index contributed by atoms with van der Waals surface area (Å²) in [5.74, 6) is 0. The van der Waals surface area contributed by atoms with Crippen LogP contribution in [0.2, 0.25) is 0 Å². The molecule has 0 amide bonds. The number of hydrogen-bond acceptors (Lipinski definition) is 3. The van der Waals surface area contributed by atoms with Crippen molar-refractivity contribution in [1.29, 1.82) is 0 Å². The Morgan fingerprint density at radius 1 is 1.43 bits per heavy atom. The van der Waals surface area contributed by atoms with Crippen LogP contribution in [0.1, 0.15) is 18.1 Å². The fourth-order valence-electron chi connectivity index (χ4n) is 1.66. The smallest absolute Gasteiger partial charge is 0.0696 e. The summed E-state index contributed by atoms with van der Waals surface area (Å²) in [6, 6.07) is 4.05. The average Bonchev–Trinajstić information content (AvgIpc) is 2.60. The van der Waals surface area contributed by atoms with Gasteiger partial charge < -0.3 is 5.11 Å². The Hall–Kier alpha value is -0.510. The van der Waals surface area contributed by atoms with E-state index in [-0.39, 0.29) is 6.61 Å². The van der Waals surface area contributed by atoms with Gasteiger partial charge in [0.15, 0.2) is 0 Å². The Kier molecular flexibility index (Phi) is 2.81. The molecule has 1 aromatic carbocycles. The number of benzene rings is 1. The van der Waals surface area contributed by atoms with Gasteiger partial charge in [-0.15, -0.1) is 24.0 Å². The summed E-state index contributed by atoms with van der Waals surface area (Å²) in [7, 11) is 0. The number of aliphatic hydroxyl groups is 1. The number of rotatable bonds is 2. The van der Waals surface area contributed by atoms with E-state index >= 15 is 0 Å². The minimum atomic E-state index is 0.120. The number of aliphatic hydroxyl groups excluding tert-OH is 1. The van der Waals surface area contributed by atoms with E-state index < -0.39 is 0 Å². The fraction of sp³-hybridized carbons (Fsp3) is 0.273. The maximum absolute atomic E-state index is 9.14. The van der Waals surface area contributed by atoms with E-state index in [1.165, 1.54) is 15.6 Å².